The number of hydrogen-bond acceptors (Lipinski definition) is 7. The van der Waals surface area contributed by atoms with Crippen molar-refractivity contribution in [2.75, 3.05) is 19.6 Å². The molecule has 2 aliphatic rings. The van der Waals surface area contributed by atoms with Crippen molar-refractivity contribution >= 4 is 11.9 Å². The van der Waals surface area contributed by atoms with Crippen LogP contribution in [0.2, 0.25) is 0 Å². The number of nitriles is 1. The molecular formula is C24H25FN4O4. The lowest BCUT2D eigenvalue weighted by atomic mass is 9.94. The predicted molar refractivity (Wildman–Crippen MR) is 116 cm³/mol. The second-order valence-electron chi connectivity index (χ2n) is 8.54. The van der Waals surface area contributed by atoms with Gasteiger partial charge in [0.05, 0.1) is 23.3 Å². The third-order valence-electron chi connectivity index (χ3n) is 6.40. The maximum Gasteiger partial charge on any atom is 0.338 e. The van der Waals surface area contributed by atoms with Crippen molar-refractivity contribution in [3.05, 3.63) is 63.5 Å². The van der Waals surface area contributed by atoms with Crippen LogP contribution in [-0.2, 0) is 11.3 Å². The van der Waals surface area contributed by atoms with Gasteiger partial charge >= 0.3 is 5.97 Å². The number of ether oxygens (including phenoxy) is 1. The molecule has 2 N–H and O–H groups in total. The van der Waals surface area contributed by atoms with Crippen LogP contribution in [0.3, 0.4) is 0 Å². The summed E-state index contributed by atoms with van der Waals surface area (Å²) in [6.45, 7) is 4.59. The van der Waals surface area contributed by atoms with Crippen molar-refractivity contribution in [3.63, 3.8) is 0 Å². The number of hydrogen-bond donors (Lipinski definition) is 2. The predicted octanol–water partition coefficient (Wildman–Crippen LogP) is 2.12. The van der Waals surface area contributed by atoms with Gasteiger partial charge in [-0.05, 0) is 49.1 Å². The zero-order valence-corrected chi connectivity index (χ0v) is 18.5. The SMILES string of the molecule is Cc1cc(C(=O)NC2CCN(CC(O)c3ccc4c(c3C)COC4=O)CC2F)ncc1C#N. The zero-order chi connectivity index (χ0) is 23.7. The number of pyridine rings is 1. The normalized spacial score (nSPS) is 21.1. The lowest BCUT2D eigenvalue weighted by Gasteiger charge is -2.36. The van der Waals surface area contributed by atoms with Gasteiger partial charge in [0.25, 0.3) is 5.91 Å². The van der Waals surface area contributed by atoms with Gasteiger partial charge in [0.1, 0.15) is 24.5 Å². The lowest BCUT2D eigenvalue weighted by Crippen LogP contribution is -2.53. The largest absolute Gasteiger partial charge is 0.457 e. The first-order valence-corrected chi connectivity index (χ1v) is 10.8. The number of halogens is 1. The first-order valence-electron chi connectivity index (χ1n) is 10.8. The van der Waals surface area contributed by atoms with Crippen LogP contribution in [0.1, 0.15) is 61.2 Å². The summed E-state index contributed by atoms with van der Waals surface area (Å²) in [5.41, 5.74) is 3.99. The fourth-order valence-corrected chi connectivity index (χ4v) is 4.41. The molecule has 172 valence electrons. The first-order chi connectivity index (χ1) is 15.8. The van der Waals surface area contributed by atoms with E-state index in [9.17, 15) is 19.1 Å². The molecule has 2 aromatic rings. The number of aliphatic hydroxyl groups is 1. The summed E-state index contributed by atoms with van der Waals surface area (Å²) in [5.74, 6) is -0.834. The number of piperidine rings is 1. The van der Waals surface area contributed by atoms with Crippen LogP contribution in [0, 0.1) is 25.2 Å². The molecule has 3 atom stereocenters. The fourth-order valence-electron chi connectivity index (χ4n) is 4.41. The molecule has 0 saturated carbocycles. The van der Waals surface area contributed by atoms with E-state index in [1.54, 1.807) is 19.1 Å². The standard InChI is InChI=1S/C24H25FN4O4/c1-13-7-21(27-9-15(13)8-26)23(31)28-20-5-6-29(10-19(20)25)11-22(30)16-3-4-17-18(14(16)2)12-33-24(17)32/h3-4,7,9,19-20,22,30H,5-6,10-12H2,1-2H3,(H,28,31). The summed E-state index contributed by atoms with van der Waals surface area (Å²) in [4.78, 5) is 30.0. The number of carbonyl (C=O) groups excluding carboxylic acids is 2. The van der Waals surface area contributed by atoms with Crippen molar-refractivity contribution in [3.8, 4) is 6.07 Å². The van der Waals surface area contributed by atoms with E-state index < -0.39 is 24.2 Å². The van der Waals surface area contributed by atoms with Crippen LogP contribution >= 0.6 is 0 Å². The van der Waals surface area contributed by atoms with E-state index in [0.29, 0.717) is 35.2 Å². The number of likely N-dealkylation sites (tertiary alicyclic amines) is 1. The molecule has 1 amide bonds. The Kier molecular flexibility index (Phi) is 6.40. The molecule has 1 saturated heterocycles. The number of nitrogens with zero attached hydrogens (tertiary/aromatic N) is 3. The molecule has 3 unspecified atom stereocenters. The number of cyclic esters (lactones) is 1. The third kappa shape index (κ3) is 4.58. The number of fused-ring (bicyclic) bond motifs is 1. The van der Waals surface area contributed by atoms with E-state index in [-0.39, 0.29) is 31.4 Å². The molecule has 0 radical (unpaired) electrons. The highest BCUT2D eigenvalue weighted by atomic mass is 19.1. The molecule has 3 heterocycles. The number of nitrogens with one attached hydrogen (secondary N) is 1. The van der Waals surface area contributed by atoms with Gasteiger partial charge in [-0.2, -0.15) is 5.26 Å². The van der Waals surface area contributed by atoms with Crippen molar-refractivity contribution < 1.29 is 23.8 Å². The Morgan fingerprint density at radius 1 is 1.45 bits per heavy atom. The van der Waals surface area contributed by atoms with Gasteiger partial charge in [-0.3, -0.25) is 9.69 Å². The minimum Gasteiger partial charge on any atom is -0.457 e. The Balaban J connectivity index is 1.35. The van der Waals surface area contributed by atoms with Gasteiger partial charge in [0, 0.05) is 31.4 Å². The van der Waals surface area contributed by atoms with E-state index in [2.05, 4.69) is 10.3 Å². The fraction of sp³-hybridized carbons (Fsp3) is 0.417. The Hall–Kier alpha value is -3.35. The highest BCUT2D eigenvalue weighted by molar-refractivity contribution is 5.94. The van der Waals surface area contributed by atoms with Gasteiger partial charge in [0.2, 0.25) is 0 Å². The third-order valence-corrected chi connectivity index (χ3v) is 6.40. The van der Waals surface area contributed by atoms with Crippen molar-refractivity contribution in [2.45, 2.75) is 45.2 Å². The van der Waals surface area contributed by atoms with Gasteiger partial charge in [-0.25, -0.2) is 14.2 Å². The van der Waals surface area contributed by atoms with Crippen molar-refractivity contribution in [2.24, 2.45) is 0 Å². The van der Waals surface area contributed by atoms with E-state index in [4.69, 9.17) is 10.00 Å². The Morgan fingerprint density at radius 2 is 2.24 bits per heavy atom. The Morgan fingerprint density at radius 3 is 2.94 bits per heavy atom. The molecule has 4 rings (SSSR count). The molecule has 1 fully saturated rings. The minimum atomic E-state index is -1.30. The molecule has 8 nitrogen and oxygen atoms in total. The topological polar surface area (TPSA) is 116 Å². The molecule has 0 bridgehead atoms. The minimum absolute atomic E-state index is 0.0768. The summed E-state index contributed by atoms with van der Waals surface area (Å²) >= 11 is 0. The number of rotatable bonds is 5. The number of aryl methyl sites for hydroxylation is 1. The summed E-state index contributed by atoms with van der Waals surface area (Å²) in [5, 5.41) is 22.5. The number of aliphatic hydroxyl groups excluding tert-OH is 1. The van der Waals surface area contributed by atoms with Crippen molar-refractivity contribution in [1.29, 1.82) is 5.26 Å². The summed E-state index contributed by atoms with van der Waals surface area (Å²) in [7, 11) is 0. The zero-order valence-electron chi connectivity index (χ0n) is 18.5. The number of β-amino-alcohol motifs (C(OH)–C–C–N with tert-alkyl or cyclic N) is 1. The van der Waals surface area contributed by atoms with E-state index in [1.165, 1.54) is 12.3 Å². The highest BCUT2D eigenvalue weighted by Crippen LogP contribution is 2.30. The number of esters is 1. The van der Waals surface area contributed by atoms with Crippen molar-refractivity contribution in [1.82, 2.24) is 15.2 Å². The molecule has 33 heavy (non-hydrogen) atoms. The molecule has 1 aromatic carbocycles. The Bertz CT molecular complexity index is 1150. The number of aromatic nitrogens is 1. The average Bonchev–Trinajstić information content (AvgIpc) is 3.17. The summed E-state index contributed by atoms with van der Waals surface area (Å²) in [6, 6.07) is 6.24. The van der Waals surface area contributed by atoms with E-state index in [1.807, 2.05) is 17.9 Å². The van der Waals surface area contributed by atoms with Gasteiger partial charge in [-0.1, -0.05) is 6.07 Å². The first kappa shape index (κ1) is 22.8. The van der Waals surface area contributed by atoms with E-state index >= 15 is 0 Å². The van der Waals surface area contributed by atoms with Crippen LogP contribution in [0.15, 0.2) is 24.4 Å². The number of carbonyl (C=O) groups is 2. The molecule has 1 aromatic heterocycles. The van der Waals surface area contributed by atoms with Gasteiger partial charge in [0.15, 0.2) is 0 Å². The van der Waals surface area contributed by atoms with Gasteiger partial charge in [-0.15, -0.1) is 0 Å². The van der Waals surface area contributed by atoms with Crippen LogP contribution < -0.4 is 5.32 Å². The second-order valence-corrected chi connectivity index (χ2v) is 8.54. The lowest BCUT2D eigenvalue weighted by molar-refractivity contribution is 0.0526. The van der Waals surface area contributed by atoms with Crippen LogP contribution in [0.5, 0.6) is 0 Å². The number of benzene rings is 1. The second kappa shape index (κ2) is 9.25. The highest BCUT2D eigenvalue weighted by Gasteiger charge is 2.32. The number of amides is 1. The molecule has 0 spiro atoms. The summed E-state index contributed by atoms with van der Waals surface area (Å²) in [6.07, 6.45) is -0.415. The molecule has 0 aliphatic carbocycles. The monoisotopic (exact) mass is 452 g/mol. The Labute approximate surface area is 191 Å². The van der Waals surface area contributed by atoms with Crippen LogP contribution in [0.25, 0.3) is 0 Å². The molecule has 9 heteroatoms. The maximum atomic E-state index is 14.9. The molecule has 2 aliphatic heterocycles. The average molecular weight is 452 g/mol. The van der Waals surface area contributed by atoms with Crippen LogP contribution in [-0.4, -0.2) is 58.7 Å². The quantitative estimate of drug-likeness (QED) is 0.668. The summed E-state index contributed by atoms with van der Waals surface area (Å²) < 4.78 is 19.9. The van der Waals surface area contributed by atoms with Gasteiger partial charge < -0.3 is 15.2 Å². The van der Waals surface area contributed by atoms with Crippen LogP contribution in [0.4, 0.5) is 4.39 Å². The number of alkyl halides is 1. The molecular weight excluding hydrogens is 427 g/mol. The maximum absolute atomic E-state index is 14.9. The smallest absolute Gasteiger partial charge is 0.338 e. The van der Waals surface area contributed by atoms with E-state index in [0.717, 1.165) is 11.1 Å².